The Morgan fingerprint density at radius 2 is 1.66 bits per heavy atom. The zero-order valence-electron chi connectivity index (χ0n) is 19.4. The van der Waals surface area contributed by atoms with Gasteiger partial charge in [-0.3, -0.25) is 0 Å². The third-order valence-corrected chi connectivity index (χ3v) is 7.83. The van der Waals surface area contributed by atoms with Crippen LogP contribution in [0.15, 0.2) is 79.1 Å². The fraction of sp³-hybridized carbons (Fsp3) is 0.259. The highest BCUT2D eigenvalue weighted by Crippen LogP contribution is 2.26. The van der Waals surface area contributed by atoms with Crippen LogP contribution in [0.5, 0.6) is 5.75 Å². The maximum Gasteiger partial charge on any atom is 0.152 e. The van der Waals surface area contributed by atoms with Crippen LogP contribution in [0.4, 0.5) is 11.5 Å². The smallest absolute Gasteiger partial charge is 0.152 e. The van der Waals surface area contributed by atoms with Gasteiger partial charge < -0.3 is 15.0 Å². The number of rotatable bonds is 8. The minimum absolute atomic E-state index is 0.253. The Balaban J connectivity index is 1.24. The molecule has 0 atom stereocenters. The van der Waals surface area contributed by atoms with Crippen LogP contribution in [-0.2, 0) is 22.9 Å². The summed E-state index contributed by atoms with van der Waals surface area (Å²) in [5.74, 6) is 2.06. The van der Waals surface area contributed by atoms with Crippen LogP contribution in [0.25, 0.3) is 10.9 Å². The van der Waals surface area contributed by atoms with E-state index in [-0.39, 0.29) is 11.5 Å². The van der Waals surface area contributed by atoms with Crippen molar-refractivity contribution in [2.24, 2.45) is 0 Å². The first-order valence-electron chi connectivity index (χ1n) is 11.7. The van der Waals surface area contributed by atoms with Gasteiger partial charge in [-0.25, -0.2) is 18.4 Å². The molecule has 1 aliphatic rings. The molecule has 1 aliphatic heterocycles. The van der Waals surface area contributed by atoms with E-state index in [9.17, 15) is 8.42 Å². The minimum atomic E-state index is -2.86. The van der Waals surface area contributed by atoms with Gasteiger partial charge in [0.1, 0.15) is 24.5 Å². The third-order valence-electron chi connectivity index (χ3n) is 6.22. The Morgan fingerprint density at radius 1 is 0.886 bits per heavy atom. The Morgan fingerprint density at radius 3 is 2.43 bits per heavy atom. The number of nitrogens with one attached hydrogen (secondary N) is 1. The average Bonchev–Trinajstić information content (AvgIpc) is 2.88. The predicted octanol–water partition coefficient (Wildman–Crippen LogP) is 4.23. The Labute approximate surface area is 205 Å². The number of hydrogen-bond acceptors (Lipinski definition) is 7. The summed E-state index contributed by atoms with van der Waals surface area (Å²) in [4.78, 5) is 11.1. The highest BCUT2D eigenvalue weighted by atomic mass is 32.2. The summed E-state index contributed by atoms with van der Waals surface area (Å²) in [7, 11) is -2.86. The fourth-order valence-electron chi connectivity index (χ4n) is 4.13. The number of aromatic nitrogens is 2. The van der Waals surface area contributed by atoms with Crippen molar-refractivity contribution < 1.29 is 13.2 Å². The van der Waals surface area contributed by atoms with Gasteiger partial charge in [-0.05, 0) is 53.9 Å². The van der Waals surface area contributed by atoms with Crippen molar-refractivity contribution in [3.63, 3.8) is 0 Å². The topological polar surface area (TPSA) is 84.4 Å². The fourth-order valence-corrected chi connectivity index (χ4v) is 5.41. The molecule has 4 aromatic rings. The third kappa shape index (κ3) is 6.15. The first-order chi connectivity index (χ1) is 17.0. The van der Waals surface area contributed by atoms with E-state index in [1.54, 1.807) is 6.33 Å². The number of nitrogens with zero attached hydrogens (tertiary/aromatic N) is 3. The van der Waals surface area contributed by atoms with Gasteiger partial charge in [0.15, 0.2) is 9.84 Å². The van der Waals surface area contributed by atoms with Gasteiger partial charge in [-0.2, -0.15) is 0 Å². The maximum atomic E-state index is 11.7. The molecule has 3 aromatic carbocycles. The number of anilines is 2. The molecule has 0 saturated carbocycles. The number of fused-ring (bicyclic) bond motifs is 1. The summed E-state index contributed by atoms with van der Waals surface area (Å²) in [5.41, 5.74) is 4.09. The molecule has 1 N–H and O–H groups in total. The first kappa shape index (κ1) is 23.3. The molecule has 8 heteroatoms. The van der Waals surface area contributed by atoms with Gasteiger partial charge in [0.05, 0.1) is 17.0 Å². The van der Waals surface area contributed by atoms with E-state index < -0.39 is 9.84 Å². The average molecular weight is 489 g/mol. The van der Waals surface area contributed by atoms with Gasteiger partial charge in [0.2, 0.25) is 0 Å². The lowest BCUT2D eigenvalue weighted by Crippen LogP contribution is -2.41. The van der Waals surface area contributed by atoms with Gasteiger partial charge in [0.25, 0.3) is 0 Å². The highest BCUT2D eigenvalue weighted by Gasteiger charge is 2.21. The highest BCUT2D eigenvalue weighted by molar-refractivity contribution is 7.91. The number of benzene rings is 3. The van der Waals surface area contributed by atoms with E-state index >= 15 is 0 Å². The van der Waals surface area contributed by atoms with Crippen LogP contribution in [0.3, 0.4) is 0 Å². The summed E-state index contributed by atoms with van der Waals surface area (Å²) in [5, 5.41) is 4.36. The molecule has 1 aromatic heterocycles. The van der Waals surface area contributed by atoms with Crippen molar-refractivity contribution in [2.75, 3.05) is 36.5 Å². The zero-order chi connectivity index (χ0) is 24.1. The summed E-state index contributed by atoms with van der Waals surface area (Å²) in [6, 6.07) is 24.1. The molecular weight excluding hydrogens is 460 g/mol. The standard InChI is InChI=1S/C27H28N4O3S/c32-35(33)16-14-31(15-17-35)13-12-21-6-11-26-25(18-21)27(29-20-28-26)30-23-7-9-24(10-8-23)34-19-22-4-2-1-3-5-22/h1-11,18,20H,12-17,19H2,(H,28,29,30). The second-order valence-electron chi connectivity index (χ2n) is 8.74. The molecule has 5 rings (SSSR count). The van der Waals surface area contributed by atoms with E-state index in [2.05, 4.69) is 32.3 Å². The predicted molar refractivity (Wildman–Crippen MR) is 139 cm³/mol. The van der Waals surface area contributed by atoms with Crippen LogP contribution < -0.4 is 10.1 Å². The second-order valence-corrected chi connectivity index (χ2v) is 11.0. The number of hydrogen-bond donors (Lipinski definition) is 1. The summed E-state index contributed by atoms with van der Waals surface area (Å²) >= 11 is 0. The normalized spacial score (nSPS) is 15.7. The Bertz CT molecular complexity index is 1380. The quantitative estimate of drug-likeness (QED) is 0.397. The molecule has 180 valence electrons. The van der Waals surface area contributed by atoms with E-state index in [0.717, 1.165) is 46.7 Å². The van der Waals surface area contributed by atoms with E-state index in [1.807, 2.05) is 60.7 Å². The lowest BCUT2D eigenvalue weighted by molar-refractivity contribution is 0.299. The molecule has 2 heterocycles. The van der Waals surface area contributed by atoms with Crippen molar-refractivity contribution in [1.82, 2.24) is 14.9 Å². The van der Waals surface area contributed by atoms with E-state index in [1.165, 1.54) is 5.56 Å². The van der Waals surface area contributed by atoms with Crippen molar-refractivity contribution in [3.8, 4) is 5.75 Å². The zero-order valence-corrected chi connectivity index (χ0v) is 20.2. The molecule has 0 spiro atoms. The van der Waals surface area contributed by atoms with Gasteiger partial charge in [-0.1, -0.05) is 36.4 Å². The van der Waals surface area contributed by atoms with E-state index in [0.29, 0.717) is 19.7 Å². The van der Waals surface area contributed by atoms with Crippen molar-refractivity contribution in [3.05, 3.63) is 90.3 Å². The van der Waals surface area contributed by atoms with Gasteiger partial charge in [-0.15, -0.1) is 0 Å². The molecule has 0 aliphatic carbocycles. The SMILES string of the molecule is O=S1(=O)CCN(CCc2ccc3ncnc(Nc4ccc(OCc5ccccc5)cc4)c3c2)CC1. The molecule has 0 amide bonds. The molecular formula is C27H28N4O3S. The second kappa shape index (κ2) is 10.4. The van der Waals surface area contributed by atoms with Crippen LogP contribution >= 0.6 is 0 Å². The lowest BCUT2D eigenvalue weighted by atomic mass is 10.1. The molecule has 0 unspecified atom stereocenters. The van der Waals surface area contributed by atoms with E-state index in [4.69, 9.17) is 4.74 Å². The lowest BCUT2D eigenvalue weighted by Gasteiger charge is -2.26. The maximum absolute atomic E-state index is 11.7. The summed E-state index contributed by atoms with van der Waals surface area (Å²) in [6.07, 6.45) is 2.41. The van der Waals surface area contributed by atoms with Crippen LogP contribution in [0, 0.1) is 0 Å². The molecule has 0 bridgehead atoms. The van der Waals surface area contributed by atoms with Gasteiger partial charge >= 0.3 is 0 Å². The van der Waals surface area contributed by atoms with Crippen LogP contribution in [0.1, 0.15) is 11.1 Å². The Kier molecular flexibility index (Phi) is 6.92. The van der Waals surface area contributed by atoms with Crippen molar-refractivity contribution in [1.29, 1.82) is 0 Å². The minimum Gasteiger partial charge on any atom is -0.489 e. The molecule has 1 fully saturated rings. The Hall–Kier alpha value is -3.49. The first-order valence-corrected chi connectivity index (χ1v) is 13.6. The number of ether oxygens (including phenoxy) is 1. The molecule has 7 nitrogen and oxygen atoms in total. The molecule has 35 heavy (non-hydrogen) atoms. The van der Waals surface area contributed by atoms with Gasteiger partial charge in [0, 0.05) is 30.7 Å². The molecule has 1 saturated heterocycles. The molecule has 0 radical (unpaired) electrons. The monoisotopic (exact) mass is 488 g/mol. The largest absolute Gasteiger partial charge is 0.489 e. The van der Waals surface area contributed by atoms with Crippen LogP contribution in [0.2, 0.25) is 0 Å². The van der Waals surface area contributed by atoms with Crippen molar-refractivity contribution >= 4 is 32.2 Å². The van der Waals surface area contributed by atoms with Crippen molar-refractivity contribution in [2.45, 2.75) is 13.0 Å². The summed E-state index contributed by atoms with van der Waals surface area (Å²) < 4.78 is 29.2. The number of sulfone groups is 1. The van der Waals surface area contributed by atoms with Crippen LogP contribution in [-0.4, -0.2) is 54.4 Å². The summed E-state index contributed by atoms with van der Waals surface area (Å²) in [6.45, 7) is 2.58.